The minimum Gasteiger partial charge on any atom is -0.353 e. The van der Waals surface area contributed by atoms with E-state index in [1.165, 1.54) is 11.8 Å². The molecule has 2 amide bonds. The summed E-state index contributed by atoms with van der Waals surface area (Å²) >= 11 is 13.8. The summed E-state index contributed by atoms with van der Waals surface area (Å²) in [5.74, 6) is -0.310. The number of hydrogen-bond donors (Lipinski definition) is 1. The van der Waals surface area contributed by atoms with E-state index in [0.717, 1.165) is 28.4 Å². The van der Waals surface area contributed by atoms with Crippen LogP contribution in [0.4, 0.5) is 0 Å². The van der Waals surface area contributed by atoms with E-state index in [4.69, 9.17) is 33.5 Å². The molecule has 7 nitrogen and oxygen atoms in total. The van der Waals surface area contributed by atoms with E-state index in [1.807, 2.05) is 54.6 Å². The Balaban J connectivity index is 1.51. The maximum Gasteiger partial charge on any atom is 0.263 e. The number of amides is 2. The van der Waals surface area contributed by atoms with Crippen molar-refractivity contribution in [2.75, 3.05) is 13.1 Å². The largest absolute Gasteiger partial charge is 0.353 e. The normalized spacial score (nSPS) is 22.3. The first kappa shape index (κ1) is 27.6. The van der Waals surface area contributed by atoms with Crippen LogP contribution in [0.1, 0.15) is 56.3 Å². The third-order valence-corrected chi connectivity index (χ3v) is 8.81. The predicted molar refractivity (Wildman–Crippen MR) is 155 cm³/mol. The second kappa shape index (κ2) is 11.6. The van der Waals surface area contributed by atoms with Crippen molar-refractivity contribution < 1.29 is 9.59 Å². The predicted octanol–water partition coefficient (Wildman–Crippen LogP) is 6.08. The van der Waals surface area contributed by atoms with Gasteiger partial charge in [0.15, 0.2) is 5.17 Å². The first-order chi connectivity index (χ1) is 18.8. The number of likely N-dealkylation sites (tertiary alicyclic amines) is 1. The van der Waals surface area contributed by atoms with Gasteiger partial charge in [0.05, 0.1) is 18.5 Å². The molecule has 3 aliphatic heterocycles. The lowest BCUT2D eigenvalue weighted by Crippen LogP contribution is -2.46. The SMILES string of the molecule is CC(C)C1=C(C(=O)N2CCC[C@H]2C(=O)NCCC#N)SC2=N[C@@H](c3ccc(Cl)cc3)[C@@H](c3ccc(Cl)cc3)N21. The van der Waals surface area contributed by atoms with Crippen LogP contribution in [0.3, 0.4) is 0 Å². The monoisotopic (exact) mass is 581 g/mol. The lowest BCUT2D eigenvalue weighted by atomic mass is 9.92. The molecule has 2 aromatic carbocycles. The summed E-state index contributed by atoms with van der Waals surface area (Å²) < 4.78 is 0. The number of amidine groups is 1. The Morgan fingerprint density at radius 2 is 1.74 bits per heavy atom. The van der Waals surface area contributed by atoms with Gasteiger partial charge >= 0.3 is 0 Å². The maximum absolute atomic E-state index is 14.0. The smallest absolute Gasteiger partial charge is 0.263 e. The molecule has 3 aliphatic rings. The lowest BCUT2D eigenvalue weighted by molar-refractivity contribution is -0.135. The van der Waals surface area contributed by atoms with Crippen LogP contribution < -0.4 is 5.32 Å². The fourth-order valence-corrected chi connectivity index (χ4v) is 7.02. The molecule has 1 N–H and O–H groups in total. The van der Waals surface area contributed by atoms with Gasteiger partial charge in [0.1, 0.15) is 17.0 Å². The standard InChI is InChI=1S/C29H29Cl2N5O2S/c1-17(2)24-26(28(38)35-16-3-5-22(35)27(37)33-15-4-14-32)39-29-34-23(18-6-10-20(30)11-7-18)25(36(24)29)19-8-12-21(31)13-9-19/h6-13,17,22-23,25H,3-5,15-16H2,1-2H3,(H,33,37)/t22-,23-,25+/m0/s1. The topological polar surface area (TPSA) is 88.8 Å². The number of nitrogens with one attached hydrogen (secondary N) is 1. The molecule has 0 unspecified atom stereocenters. The lowest BCUT2D eigenvalue weighted by Gasteiger charge is -2.32. The van der Waals surface area contributed by atoms with Gasteiger partial charge in [-0.1, -0.05) is 61.3 Å². The molecule has 5 rings (SSSR count). The number of nitrogens with zero attached hydrogens (tertiary/aromatic N) is 4. The van der Waals surface area contributed by atoms with Crippen LogP contribution >= 0.6 is 35.0 Å². The van der Waals surface area contributed by atoms with E-state index < -0.39 is 6.04 Å². The molecule has 0 aliphatic carbocycles. The summed E-state index contributed by atoms with van der Waals surface area (Å²) in [6.07, 6.45) is 1.60. The Morgan fingerprint density at radius 3 is 2.36 bits per heavy atom. The average molecular weight is 583 g/mol. The third kappa shape index (κ3) is 5.41. The van der Waals surface area contributed by atoms with Crippen LogP contribution in [0, 0.1) is 17.2 Å². The molecule has 10 heteroatoms. The molecule has 0 spiro atoms. The number of rotatable bonds is 7. The van der Waals surface area contributed by atoms with Gasteiger partial charge in [-0.3, -0.25) is 14.6 Å². The second-order valence-electron chi connectivity index (χ2n) is 10.1. The van der Waals surface area contributed by atoms with Gasteiger partial charge in [-0.25, -0.2) is 0 Å². The first-order valence-electron chi connectivity index (χ1n) is 13.1. The van der Waals surface area contributed by atoms with E-state index in [9.17, 15) is 9.59 Å². The van der Waals surface area contributed by atoms with Crippen molar-refractivity contribution in [1.29, 1.82) is 5.26 Å². The number of halogens is 2. The second-order valence-corrected chi connectivity index (χ2v) is 12.0. The van der Waals surface area contributed by atoms with E-state index in [-0.39, 0.29) is 42.8 Å². The molecular formula is C29H29Cl2N5O2S. The fourth-order valence-electron chi connectivity index (χ4n) is 5.47. The maximum atomic E-state index is 14.0. The van der Waals surface area contributed by atoms with Crippen molar-refractivity contribution in [1.82, 2.24) is 15.1 Å². The molecule has 0 saturated carbocycles. The fraction of sp³-hybridized carbons (Fsp3) is 0.379. The Labute approximate surface area is 242 Å². The summed E-state index contributed by atoms with van der Waals surface area (Å²) in [5.41, 5.74) is 2.99. The number of carbonyl (C=O) groups is 2. The quantitative estimate of drug-likeness (QED) is 0.400. The van der Waals surface area contributed by atoms with Gasteiger partial charge in [0.25, 0.3) is 5.91 Å². The van der Waals surface area contributed by atoms with E-state index in [0.29, 0.717) is 27.9 Å². The zero-order valence-corrected chi connectivity index (χ0v) is 24.1. The van der Waals surface area contributed by atoms with Gasteiger partial charge in [-0.05, 0) is 65.9 Å². The summed E-state index contributed by atoms with van der Waals surface area (Å²) in [6.45, 7) is 4.96. The number of carbonyl (C=O) groups excluding carboxylic acids is 2. The molecule has 1 saturated heterocycles. The highest BCUT2D eigenvalue weighted by molar-refractivity contribution is 8.18. The number of fused-ring (bicyclic) bond motifs is 1. The molecule has 1 fully saturated rings. The minimum atomic E-state index is -0.538. The van der Waals surface area contributed by atoms with Crippen molar-refractivity contribution in [3.63, 3.8) is 0 Å². The van der Waals surface area contributed by atoms with E-state index >= 15 is 0 Å². The number of benzene rings is 2. The molecule has 0 bridgehead atoms. The van der Waals surface area contributed by atoms with Crippen LogP contribution in [-0.4, -0.2) is 45.9 Å². The zero-order valence-electron chi connectivity index (χ0n) is 21.7. The van der Waals surface area contributed by atoms with Crippen LogP contribution in [0.2, 0.25) is 10.0 Å². The summed E-state index contributed by atoms with van der Waals surface area (Å²) in [7, 11) is 0. The van der Waals surface area contributed by atoms with Crippen LogP contribution in [0.15, 0.2) is 64.1 Å². The third-order valence-electron chi connectivity index (χ3n) is 7.23. The van der Waals surface area contributed by atoms with Gasteiger partial charge in [0, 0.05) is 28.8 Å². The first-order valence-corrected chi connectivity index (χ1v) is 14.6. The molecule has 0 radical (unpaired) electrons. The molecular weight excluding hydrogens is 553 g/mol. The Morgan fingerprint density at radius 1 is 1.10 bits per heavy atom. The zero-order chi connectivity index (χ0) is 27.7. The van der Waals surface area contributed by atoms with Crippen LogP contribution in [-0.2, 0) is 9.59 Å². The highest BCUT2D eigenvalue weighted by Crippen LogP contribution is 2.53. The highest BCUT2D eigenvalue weighted by Gasteiger charge is 2.48. The summed E-state index contributed by atoms with van der Waals surface area (Å²) in [6, 6.07) is 16.6. The Bertz CT molecular complexity index is 1370. The van der Waals surface area contributed by atoms with Crippen molar-refractivity contribution in [3.05, 3.63) is 80.3 Å². The molecule has 3 atom stereocenters. The van der Waals surface area contributed by atoms with Gasteiger partial charge in [-0.2, -0.15) is 5.26 Å². The van der Waals surface area contributed by atoms with Crippen LogP contribution in [0.5, 0.6) is 0 Å². The summed E-state index contributed by atoms with van der Waals surface area (Å²) in [4.78, 5) is 36.5. The number of allylic oxidation sites excluding steroid dienone is 1. The van der Waals surface area contributed by atoms with E-state index in [2.05, 4.69) is 24.1 Å². The average Bonchev–Trinajstić information content (AvgIpc) is 3.63. The number of hydrogen-bond acceptors (Lipinski definition) is 6. The minimum absolute atomic E-state index is 0.0356. The van der Waals surface area contributed by atoms with Gasteiger partial charge in [0.2, 0.25) is 5.91 Å². The molecule has 3 heterocycles. The molecule has 39 heavy (non-hydrogen) atoms. The van der Waals surface area contributed by atoms with Crippen molar-refractivity contribution >= 4 is 51.9 Å². The van der Waals surface area contributed by atoms with Gasteiger partial charge < -0.3 is 15.1 Å². The molecule has 2 aromatic rings. The number of thioether (sulfide) groups is 1. The molecule has 0 aromatic heterocycles. The summed E-state index contributed by atoms with van der Waals surface area (Å²) in [5, 5.41) is 13.7. The Kier molecular flexibility index (Phi) is 8.22. The van der Waals surface area contributed by atoms with Gasteiger partial charge in [-0.15, -0.1) is 0 Å². The van der Waals surface area contributed by atoms with Crippen molar-refractivity contribution in [3.8, 4) is 6.07 Å². The molecule has 202 valence electrons. The van der Waals surface area contributed by atoms with Crippen molar-refractivity contribution in [2.24, 2.45) is 10.9 Å². The van der Waals surface area contributed by atoms with Crippen LogP contribution in [0.25, 0.3) is 0 Å². The van der Waals surface area contributed by atoms with Crippen molar-refractivity contribution in [2.45, 2.75) is 51.2 Å². The Hall–Kier alpha value is -2.99. The van der Waals surface area contributed by atoms with E-state index in [1.54, 1.807) is 4.90 Å². The highest BCUT2D eigenvalue weighted by atomic mass is 35.5. The number of nitriles is 1. The number of aliphatic imine (C=N–C) groups is 1.